The summed E-state index contributed by atoms with van der Waals surface area (Å²) in [6.45, 7) is 10.9. The molecule has 0 spiro atoms. The quantitative estimate of drug-likeness (QED) is 0.440. The fourth-order valence-electron chi connectivity index (χ4n) is 4.69. The zero-order valence-electron chi connectivity index (χ0n) is 18.3. The second-order valence-electron chi connectivity index (χ2n) is 8.70. The number of unbranched alkanes of at least 4 members (excludes halogenated alkanes) is 3. The van der Waals surface area contributed by atoms with E-state index in [1.54, 1.807) is 3.58 Å². The molecule has 154 valence electrons. The van der Waals surface area contributed by atoms with Crippen molar-refractivity contribution in [2.75, 3.05) is 13.1 Å². The van der Waals surface area contributed by atoms with E-state index in [1.165, 1.54) is 51.8 Å². The van der Waals surface area contributed by atoms with Gasteiger partial charge in [0.05, 0.1) is 0 Å². The third kappa shape index (κ3) is 6.50. The fraction of sp³-hybridized carbons (Fsp3) is 0.857. The summed E-state index contributed by atoms with van der Waals surface area (Å²) < 4.78 is 8.52. The first-order chi connectivity index (χ1) is 13.1. The van der Waals surface area contributed by atoms with Crippen molar-refractivity contribution in [3.8, 4) is 0 Å². The van der Waals surface area contributed by atoms with Crippen LogP contribution in [0.15, 0.2) is 12.4 Å². The molecule has 2 rings (SSSR count). The Kier molecular flexibility index (Phi) is 10.2. The molecule has 0 radical (unpaired) electrons. The van der Waals surface area contributed by atoms with Crippen LogP contribution in [0.5, 0.6) is 0 Å². The van der Waals surface area contributed by atoms with Crippen LogP contribution in [0.3, 0.4) is 0 Å². The van der Waals surface area contributed by atoms with Gasteiger partial charge in [0, 0.05) is 0 Å². The first kappa shape index (κ1) is 23.3. The Morgan fingerprint density at radius 1 is 1.04 bits per heavy atom. The monoisotopic (exact) mass is 483 g/mol. The first-order valence-electron chi connectivity index (χ1n) is 11.5. The number of hydrogen-bond acceptors (Lipinski definition) is 3. The van der Waals surface area contributed by atoms with E-state index >= 15 is 0 Å². The first-order valence-corrected chi connectivity index (χ1v) is 19.0. The van der Waals surface area contributed by atoms with Gasteiger partial charge in [0.25, 0.3) is 0 Å². The van der Waals surface area contributed by atoms with Crippen LogP contribution in [0.1, 0.15) is 78.2 Å². The van der Waals surface area contributed by atoms with E-state index in [9.17, 15) is 5.02 Å². The Morgan fingerprint density at radius 3 is 2.00 bits per heavy atom. The molecule has 27 heavy (non-hydrogen) atoms. The van der Waals surface area contributed by atoms with Gasteiger partial charge in [-0.1, -0.05) is 0 Å². The van der Waals surface area contributed by atoms with Gasteiger partial charge in [-0.3, -0.25) is 0 Å². The number of aromatic nitrogens is 2. The molecule has 4 nitrogen and oxygen atoms in total. The average molecular weight is 482 g/mol. The van der Waals surface area contributed by atoms with E-state index in [1.807, 2.05) is 6.82 Å². The molecule has 0 amide bonds. The van der Waals surface area contributed by atoms with Crippen LogP contribution in [-0.2, 0) is 0 Å². The molecule has 0 aromatic carbocycles. The molecule has 1 aliphatic rings. The van der Waals surface area contributed by atoms with Crippen molar-refractivity contribution in [1.82, 2.24) is 14.6 Å². The van der Waals surface area contributed by atoms with Gasteiger partial charge in [-0.2, -0.15) is 0 Å². The van der Waals surface area contributed by atoms with E-state index in [0.717, 1.165) is 25.9 Å². The Hall–Kier alpha value is -0.00636. The van der Waals surface area contributed by atoms with Gasteiger partial charge in [0.1, 0.15) is 0 Å². The van der Waals surface area contributed by atoms with Gasteiger partial charge in [0.2, 0.25) is 0 Å². The summed E-state index contributed by atoms with van der Waals surface area (Å²) in [7, 11) is -0.319. The molecule has 1 saturated heterocycles. The third-order valence-corrected chi connectivity index (χ3v) is 22.1. The summed E-state index contributed by atoms with van der Waals surface area (Å²) >= 11 is -2.34. The Bertz CT molecular complexity index is 507. The van der Waals surface area contributed by atoms with E-state index in [4.69, 9.17) is 5.10 Å². The van der Waals surface area contributed by atoms with Crippen LogP contribution in [0.2, 0.25) is 20.1 Å². The zero-order valence-corrected chi connectivity index (χ0v) is 21.1. The number of hydrogen-bond donors (Lipinski definition) is 1. The molecular weight excluding hydrogens is 440 g/mol. The van der Waals surface area contributed by atoms with E-state index in [-0.39, 0.29) is 7.05 Å². The minimum atomic E-state index is -2.34. The summed E-state index contributed by atoms with van der Waals surface area (Å²) in [5, 5.41) is 14.7. The Morgan fingerprint density at radius 2 is 1.56 bits per heavy atom. The van der Waals surface area contributed by atoms with Gasteiger partial charge >= 0.3 is 172 Å². The van der Waals surface area contributed by atoms with Crippen LogP contribution in [0.25, 0.3) is 0 Å². The second kappa shape index (κ2) is 11.9. The Labute approximate surface area is 172 Å². The zero-order chi connectivity index (χ0) is 19.7. The van der Waals surface area contributed by atoms with E-state index in [0.29, 0.717) is 6.04 Å². The summed E-state index contributed by atoms with van der Waals surface area (Å²) in [4.78, 5) is 2.17. The van der Waals surface area contributed by atoms with Gasteiger partial charge < -0.3 is 0 Å². The van der Waals surface area contributed by atoms with Crippen molar-refractivity contribution in [3.63, 3.8) is 0 Å². The number of rotatable bonds is 12. The molecule has 0 atom stereocenters. The number of nitrogens with zero attached hydrogens (tertiary/aromatic N) is 3. The predicted octanol–water partition coefficient (Wildman–Crippen LogP) is 4.69. The molecule has 0 saturated carbocycles. The molecule has 1 fully saturated rings. The van der Waals surface area contributed by atoms with Crippen LogP contribution >= 0.6 is 0 Å². The van der Waals surface area contributed by atoms with Crippen molar-refractivity contribution in [2.45, 2.75) is 98.3 Å². The predicted molar refractivity (Wildman–Crippen MR) is 120 cm³/mol. The van der Waals surface area contributed by atoms with Crippen molar-refractivity contribution >= 4 is 29.0 Å². The van der Waals surface area contributed by atoms with E-state index in [2.05, 4.69) is 42.7 Å². The molecule has 0 bridgehead atoms. The third-order valence-electron chi connectivity index (χ3n) is 6.64. The fourth-order valence-corrected chi connectivity index (χ4v) is 20.2. The molecule has 0 aliphatic carbocycles. The van der Waals surface area contributed by atoms with Crippen LogP contribution in [0.4, 0.5) is 0 Å². The van der Waals surface area contributed by atoms with Crippen LogP contribution < -0.4 is 3.58 Å². The molecule has 1 aromatic rings. The van der Waals surface area contributed by atoms with Gasteiger partial charge in [-0.15, -0.1) is 0 Å². The van der Waals surface area contributed by atoms with Gasteiger partial charge in [-0.25, -0.2) is 0 Å². The molecule has 1 N–H and O–H groups in total. The van der Waals surface area contributed by atoms with Gasteiger partial charge in [0.15, 0.2) is 0 Å². The van der Waals surface area contributed by atoms with Crippen LogP contribution in [0, 0.1) is 0 Å². The maximum atomic E-state index is 9.80. The van der Waals surface area contributed by atoms with Crippen molar-refractivity contribution in [3.05, 3.63) is 12.4 Å². The van der Waals surface area contributed by atoms with Crippen molar-refractivity contribution in [2.24, 2.45) is 0 Å². The topological polar surface area (TPSA) is 41.3 Å². The maximum absolute atomic E-state index is 9.80. The van der Waals surface area contributed by atoms with Crippen molar-refractivity contribution in [1.29, 1.82) is 0 Å². The normalized spacial score (nSPS) is 16.8. The van der Waals surface area contributed by atoms with Crippen LogP contribution in [-0.4, -0.2) is 58.1 Å². The molecule has 1 aliphatic heterocycles. The average Bonchev–Trinajstić information content (AvgIpc) is 3.18. The second-order valence-corrected chi connectivity index (χ2v) is 21.9. The molecular formula is C21H42BN3OSn. The molecule has 0 unspecified atom stereocenters. The van der Waals surface area contributed by atoms with E-state index < -0.39 is 18.4 Å². The molecule has 1 aromatic heterocycles. The summed E-state index contributed by atoms with van der Waals surface area (Å²) in [6.07, 6.45) is 15.1. The van der Waals surface area contributed by atoms with Crippen molar-refractivity contribution < 1.29 is 5.02 Å². The molecule has 6 heteroatoms. The summed E-state index contributed by atoms with van der Waals surface area (Å²) in [5.41, 5.74) is 0. The minimum absolute atomic E-state index is 0.319. The summed E-state index contributed by atoms with van der Waals surface area (Å²) in [6, 6.07) is 0.515. The Balaban J connectivity index is 2.15. The SMILES string of the molecule is CCC[CH2][Sn]([CH2]CCC)([CH2]CCC)[c]1cnn(C2CCN(B(C)O)CC2)c1. The van der Waals surface area contributed by atoms with Gasteiger partial charge in [-0.05, 0) is 0 Å². The number of piperidine rings is 1. The summed E-state index contributed by atoms with van der Waals surface area (Å²) in [5.74, 6) is 0. The standard InChI is InChI=1S/C9H15BN3O.3C4H9.Sn/c1-10(14)12-7-3-9(4-8-12)13-6-2-5-11-13;3*1-3-4-2;/h5-6,9,14H,3-4,7-8H2,1H3;3*1,3-4H2,2H3;. The molecule has 2 heterocycles.